The minimum atomic E-state index is 0.130. The fourth-order valence-corrected chi connectivity index (χ4v) is 1.63. The van der Waals surface area contributed by atoms with E-state index in [0.29, 0.717) is 12.5 Å². The number of hydrogen-bond donors (Lipinski definition) is 2. The highest BCUT2D eigenvalue weighted by atomic mass is 16.1. The molecule has 102 valence electrons. The number of nitrogens with zero attached hydrogens (tertiary/aromatic N) is 2. The van der Waals surface area contributed by atoms with Crippen LogP contribution in [0.25, 0.3) is 0 Å². The Morgan fingerprint density at radius 1 is 1.33 bits per heavy atom. The second kappa shape index (κ2) is 8.69. The molecule has 5 heteroatoms. The van der Waals surface area contributed by atoms with Crippen LogP contribution in [-0.2, 0) is 11.3 Å². The zero-order valence-electron chi connectivity index (χ0n) is 11.4. The van der Waals surface area contributed by atoms with E-state index in [0.717, 1.165) is 32.5 Å². The van der Waals surface area contributed by atoms with Crippen LogP contribution >= 0.6 is 0 Å². The fourth-order valence-electron chi connectivity index (χ4n) is 1.63. The van der Waals surface area contributed by atoms with Gasteiger partial charge in [0.2, 0.25) is 5.91 Å². The summed E-state index contributed by atoms with van der Waals surface area (Å²) in [5.41, 5.74) is 0. The molecule has 1 amide bonds. The first kappa shape index (κ1) is 14.7. The molecule has 0 radical (unpaired) electrons. The first-order chi connectivity index (χ1) is 8.68. The smallest absolute Gasteiger partial charge is 0.221 e. The molecule has 1 heterocycles. The third-order valence-corrected chi connectivity index (χ3v) is 2.63. The second-order valence-corrected chi connectivity index (χ2v) is 4.72. The summed E-state index contributed by atoms with van der Waals surface area (Å²) >= 11 is 0. The first-order valence-corrected chi connectivity index (χ1v) is 6.64. The quantitative estimate of drug-likeness (QED) is 0.649. The third-order valence-electron chi connectivity index (χ3n) is 2.63. The van der Waals surface area contributed by atoms with Gasteiger partial charge in [-0.05, 0) is 12.8 Å². The Labute approximate surface area is 109 Å². The van der Waals surface area contributed by atoms with E-state index in [9.17, 15) is 4.79 Å². The second-order valence-electron chi connectivity index (χ2n) is 4.72. The van der Waals surface area contributed by atoms with Crippen molar-refractivity contribution in [1.82, 2.24) is 20.2 Å². The molecular formula is C13H24N4O. The van der Waals surface area contributed by atoms with E-state index in [1.165, 1.54) is 0 Å². The van der Waals surface area contributed by atoms with Crippen molar-refractivity contribution in [3.8, 4) is 0 Å². The van der Waals surface area contributed by atoms with Gasteiger partial charge < -0.3 is 15.2 Å². The standard InChI is InChI=1S/C13H24N4O/c1-12(2)15-7-5-13(18)16-6-3-4-9-17-10-8-14-11-17/h8,10-12,15H,3-7,9H2,1-2H3,(H,16,18). The number of amides is 1. The molecule has 1 rings (SSSR count). The van der Waals surface area contributed by atoms with Gasteiger partial charge in [0.1, 0.15) is 0 Å². The van der Waals surface area contributed by atoms with Crippen LogP contribution in [0.3, 0.4) is 0 Å². The van der Waals surface area contributed by atoms with Crippen LogP contribution in [0.5, 0.6) is 0 Å². The number of imidazole rings is 1. The van der Waals surface area contributed by atoms with E-state index >= 15 is 0 Å². The summed E-state index contributed by atoms with van der Waals surface area (Å²) in [6.45, 7) is 6.63. The molecule has 18 heavy (non-hydrogen) atoms. The molecule has 0 atom stereocenters. The molecular weight excluding hydrogens is 228 g/mol. The number of aryl methyl sites for hydroxylation is 1. The molecule has 0 aliphatic rings. The summed E-state index contributed by atoms with van der Waals surface area (Å²) in [4.78, 5) is 15.4. The zero-order chi connectivity index (χ0) is 13.2. The monoisotopic (exact) mass is 252 g/mol. The molecule has 0 unspecified atom stereocenters. The van der Waals surface area contributed by atoms with Gasteiger partial charge in [0.05, 0.1) is 6.33 Å². The lowest BCUT2D eigenvalue weighted by Gasteiger charge is -2.08. The van der Waals surface area contributed by atoms with Gasteiger partial charge >= 0.3 is 0 Å². The molecule has 0 aliphatic heterocycles. The maximum absolute atomic E-state index is 11.5. The average Bonchev–Trinajstić information content (AvgIpc) is 2.81. The minimum Gasteiger partial charge on any atom is -0.356 e. The maximum atomic E-state index is 11.5. The number of aromatic nitrogens is 2. The SMILES string of the molecule is CC(C)NCCC(=O)NCCCCn1ccnc1. The van der Waals surface area contributed by atoms with E-state index in [1.54, 1.807) is 6.20 Å². The van der Waals surface area contributed by atoms with Crippen molar-refractivity contribution in [2.75, 3.05) is 13.1 Å². The highest BCUT2D eigenvalue weighted by Crippen LogP contribution is 1.94. The fraction of sp³-hybridized carbons (Fsp3) is 0.692. The number of carbonyl (C=O) groups excluding carboxylic acids is 1. The Hall–Kier alpha value is -1.36. The van der Waals surface area contributed by atoms with Crippen LogP contribution in [0.4, 0.5) is 0 Å². The Kier molecular flexibility index (Phi) is 7.10. The molecule has 0 saturated heterocycles. The Morgan fingerprint density at radius 3 is 2.83 bits per heavy atom. The average molecular weight is 252 g/mol. The van der Waals surface area contributed by atoms with Crippen molar-refractivity contribution < 1.29 is 4.79 Å². The summed E-state index contributed by atoms with van der Waals surface area (Å²) in [6, 6.07) is 0.438. The van der Waals surface area contributed by atoms with Gasteiger partial charge in [-0.25, -0.2) is 4.98 Å². The first-order valence-electron chi connectivity index (χ1n) is 6.64. The van der Waals surface area contributed by atoms with Gasteiger partial charge in [-0.3, -0.25) is 4.79 Å². The Morgan fingerprint density at radius 2 is 2.17 bits per heavy atom. The summed E-state index contributed by atoms with van der Waals surface area (Å²) in [6.07, 6.45) is 8.16. The zero-order valence-corrected chi connectivity index (χ0v) is 11.4. The van der Waals surface area contributed by atoms with Gasteiger partial charge in [-0.1, -0.05) is 13.8 Å². The Balaban J connectivity index is 1.92. The van der Waals surface area contributed by atoms with Crippen LogP contribution < -0.4 is 10.6 Å². The summed E-state index contributed by atoms with van der Waals surface area (Å²) in [7, 11) is 0. The van der Waals surface area contributed by atoms with E-state index < -0.39 is 0 Å². The normalized spacial score (nSPS) is 10.8. The Bertz CT molecular complexity index is 322. The lowest BCUT2D eigenvalue weighted by Crippen LogP contribution is -2.31. The van der Waals surface area contributed by atoms with Crippen molar-refractivity contribution >= 4 is 5.91 Å². The van der Waals surface area contributed by atoms with Crippen molar-refractivity contribution in [2.45, 2.75) is 45.7 Å². The lowest BCUT2D eigenvalue weighted by molar-refractivity contribution is -0.121. The highest BCUT2D eigenvalue weighted by Gasteiger charge is 2.00. The van der Waals surface area contributed by atoms with Crippen molar-refractivity contribution in [3.05, 3.63) is 18.7 Å². The van der Waals surface area contributed by atoms with Crippen LogP contribution in [0.15, 0.2) is 18.7 Å². The third kappa shape index (κ3) is 7.06. The predicted molar refractivity (Wildman–Crippen MR) is 72.2 cm³/mol. The van der Waals surface area contributed by atoms with E-state index in [2.05, 4.69) is 29.5 Å². The molecule has 0 bridgehead atoms. The van der Waals surface area contributed by atoms with Crippen molar-refractivity contribution in [1.29, 1.82) is 0 Å². The van der Waals surface area contributed by atoms with Gasteiger partial charge in [0.25, 0.3) is 0 Å². The number of carbonyl (C=O) groups is 1. The molecule has 0 fully saturated rings. The molecule has 0 saturated carbocycles. The molecule has 1 aromatic rings. The molecule has 2 N–H and O–H groups in total. The van der Waals surface area contributed by atoms with Crippen LogP contribution in [0, 0.1) is 0 Å². The van der Waals surface area contributed by atoms with E-state index in [1.807, 2.05) is 17.1 Å². The largest absolute Gasteiger partial charge is 0.356 e. The predicted octanol–water partition coefficient (Wildman–Crippen LogP) is 1.17. The van der Waals surface area contributed by atoms with Gasteiger partial charge in [0, 0.05) is 44.5 Å². The van der Waals surface area contributed by atoms with Crippen LogP contribution in [0.1, 0.15) is 33.1 Å². The number of unbranched alkanes of at least 4 members (excludes halogenated alkanes) is 1. The number of rotatable bonds is 9. The van der Waals surface area contributed by atoms with Crippen LogP contribution in [0.2, 0.25) is 0 Å². The molecule has 0 aromatic carbocycles. The van der Waals surface area contributed by atoms with Gasteiger partial charge in [-0.2, -0.15) is 0 Å². The van der Waals surface area contributed by atoms with Gasteiger partial charge in [-0.15, -0.1) is 0 Å². The maximum Gasteiger partial charge on any atom is 0.221 e. The highest BCUT2D eigenvalue weighted by molar-refractivity contribution is 5.75. The number of nitrogens with one attached hydrogen (secondary N) is 2. The number of hydrogen-bond acceptors (Lipinski definition) is 3. The van der Waals surface area contributed by atoms with Crippen molar-refractivity contribution in [2.24, 2.45) is 0 Å². The van der Waals surface area contributed by atoms with E-state index in [4.69, 9.17) is 0 Å². The van der Waals surface area contributed by atoms with Gasteiger partial charge in [0.15, 0.2) is 0 Å². The van der Waals surface area contributed by atoms with Crippen molar-refractivity contribution in [3.63, 3.8) is 0 Å². The molecule has 5 nitrogen and oxygen atoms in total. The lowest BCUT2D eigenvalue weighted by atomic mass is 10.3. The summed E-state index contributed by atoms with van der Waals surface area (Å²) in [5, 5.41) is 6.16. The topological polar surface area (TPSA) is 59.0 Å². The summed E-state index contributed by atoms with van der Waals surface area (Å²) in [5.74, 6) is 0.130. The molecule has 1 aromatic heterocycles. The summed E-state index contributed by atoms with van der Waals surface area (Å²) < 4.78 is 2.05. The van der Waals surface area contributed by atoms with E-state index in [-0.39, 0.29) is 5.91 Å². The molecule has 0 spiro atoms. The minimum absolute atomic E-state index is 0.130. The van der Waals surface area contributed by atoms with Crippen LogP contribution in [-0.4, -0.2) is 34.6 Å². The molecule has 0 aliphatic carbocycles.